The average molecular weight is 648 g/mol. The Labute approximate surface area is 276 Å². The molecule has 47 heavy (non-hydrogen) atoms. The van der Waals surface area contributed by atoms with Crippen molar-refractivity contribution in [3.8, 4) is 12.1 Å². The van der Waals surface area contributed by atoms with Crippen molar-refractivity contribution in [2.24, 2.45) is 15.3 Å². The second-order valence-electron chi connectivity index (χ2n) is 10.1. The lowest BCUT2D eigenvalue weighted by Crippen LogP contribution is -2.25. The molecule has 0 saturated carbocycles. The Bertz CT molecular complexity index is 1860. The molecule has 0 bridgehead atoms. The van der Waals surface area contributed by atoms with Crippen LogP contribution in [0.3, 0.4) is 0 Å². The van der Waals surface area contributed by atoms with Crippen molar-refractivity contribution in [2.45, 2.75) is 19.8 Å². The summed E-state index contributed by atoms with van der Waals surface area (Å²) in [7, 11) is 0. The smallest absolute Gasteiger partial charge is 0.272 e. The molecule has 0 aliphatic heterocycles. The van der Waals surface area contributed by atoms with Crippen molar-refractivity contribution in [2.75, 3.05) is 23.2 Å². The third-order valence-corrected chi connectivity index (χ3v) is 7.14. The van der Waals surface area contributed by atoms with Gasteiger partial charge in [-0.15, -0.1) is 15.3 Å². The number of nitriles is 2. The molecule has 0 unspecified atom stereocenters. The highest BCUT2D eigenvalue weighted by Gasteiger charge is 2.20. The number of anilines is 2. The summed E-state index contributed by atoms with van der Waals surface area (Å²) >= 11 is 6.20. The largest absolute Gasteiger partial charge is 0.733 e. The molecule has 0 aliphatic rings. The highest BCUT2D eigenvalue weighted by molar-refractivity contribution is 6.31. The normalized spacial score (nSPS) is 11.1. The summed E-state index contributed by atoms with van der Waals surface area (Å²) in [5.41, 5.74) is 5.31. The maximum Gasteiger partial charge on any atom is 0.272 e. The predicted molar refractivity (Wildman–Crippen MR) is 178 cm³/mol. The molecule has 4 aromatic carbocycles. The lowest BCUT2D eigenvalue weighted by atomic mass is 9.98. The van der Waals surface area contributed by atoms with Crippen LogP contribution < -0.4 is 15.6 Å². The molecular formula is C34H28ClN8O4-. The molecule has 0 spiro atoms. The number of hydrogen-bond donors (Lipinski definition) is 2. The number of hydrazone groups is 1. The second-order valence-corrected chi connectivity index (χ2v) is 10.5. The fraction of sp³-hybridized carbons (Fsp3) is 0.147. The van der Waals surface area contributed by atoms with E-state index in [1.165, 1.54) is 42.5 Å². The molecule has 1 amide bonds. The summed E-state index contributed by atoms with van der Waals surface area (Å²) in [6.07, 6.45) is 0.549. The van der Waals surface area contributed by atoms with E-state index in [-0.39, 0.29) is 51.5 Å². The zero-order valence-electron chi connectivity index (χ0n) is 25.2. The average Bonchev–Trinajstić information content (AvgIpc) is 3.08. The molecule has 0 radical (unpaired) electrons. The highest BCUT2D eigenvalue weighted by atomic mass is 35.5. The summed E-state index contributed by atoms with van der Waals surface area (Å²) in [5.74, 6) is -1.07. The highest BCUT2D eigenvalue weighted by Crippen LogP contribution is 2.24. The van der Waals surface area contributed by atoms with Crippen LogP contribution in [0.4, 0.5) is 17.1 Å². The number of ketones is 1. The van der Waals surface area contributed by atoms with Crippen molar-refractivity contribution in [3.63, 3.8) is 0 Å². The van der Waals surface area contributed by atoms with E-state index in [9.17, 15) is 14.8 Å². The van der Waals surface area contributed by atoms with Crippen molar-refractivity contribution in [1.82, 2.24) is 5.43 Å². The molecule has 4 rings (SSSR count). The van der Waals surface area contributed by atoms with Gasteiger partial charge in [0.2, 0.25) is 5.84 Å². The molecule has 13 heteroatoms. The van der Waals surface area contributed by atoms with Crippen molar-refractivity contribution < 1.29 is 14.8 Å². The Morgan fingerprint density at radius 1 is 0.872 bits per heavy atom. The quantitative estimate of drug-likeness (QED) is 0.0537. The van der Waals surface area contributed by atoms with E-state index in [1.807, 2.05) is 17.9 Å². The molecule has 2 N–H and O–H groups in total. The zero-order valence-corrected chi connectivity index (χ0v) is 25.9. The standard InChI is InChI=1S/C34H28ClN8O4/c1-23-21-28(42(19-5-17-36)20-6-18-37)14-16-29(23)33(39-38-26-10-12-27(13-11-26)43(46)47)40-41-34(45)31-22-25(35)9-15-30(31)32(44)24-7-3-2-4-8-24/h2-4,7-16,21-22,46H,5-6,19-20H2,1H3,(H,41,45)/q-1/b39-38?,40-33-. The number of amides is 1. The van der Waals surface area contributed by atoms with Crippen LogP contribution in [0, 0.1) is 34.8 Å². The third-order valence-electron chi connectivity index (χ3n) is 6.90. The Balaban J connectivity index is 1.71. The first-order chi connectivity index (χ1) is 22.7. The Hall–Kier alpha value is -5.92. The Kier molecular flexibility index (Phi) is 11.9. The molecule has 236 valence electrons. The van der Waals surface area contributed by atoms with Crippen LogP contribution in [0.5, 0.6) is 0 Å². The minimum Gasteiger partial charge on any atom is -0.733 e. The summed E-state index contributed by atoms with van der Waals surface area (Å²) in [4.78, 5) is 28.7. The molecule has 0 fully saturated rings. The van der Waals surface area contributed by atoms with E-state index in [2.05, 4.69) is 32.9 Å². The fourth-order valence-electron chi connectivity index (χ4n) is 4.54. The third kappa shape index (κ3) is 9.06. The number of carbonyl (C=O) groups is 2. The van der Waals surface area contributed by atoms with Crippen LogP contribution in [0.2, 0.25) is 5.02 Å². The van der Waals surface area contributed by atoms with Crippen LogP contribution >= 0.6 is 11.6 Å². The van der Waals surface area contributed by atoms with Gasteiger partial charge in [0.05, 0.1) is 41.9 Å². The first kappa shape index (κ1) is 34.0. The van der Waals surface area contributed by atoms with Gasteiger partial charge in [-0.2, -0.15) is 10.5 Å². The maximum atomic E-state index is 13.5. The van der Waals surface area contributed by atoms with Crippen LogP contribution in [0.1, 0.15) is 50.2 Å². The van der Waals surface area contributed by atoms with Gasteiger partial charge in [0.1, 0.15) is 0 Å². The van der Waals surface area contributed by atoms with Gasteiger partial charge >= 0.3 is 0 Å². The van der Waals surface area contributed by atoms with Gasteiger partial charge in [0, 0.05) is 40.5 Å². The summed E-state index contributed by atoms with van der Waals surface area (Å²) in [5, 5.41) is 51.2. The monoisotopic (exact) mass is 647 g/mol. The van der Waals surface area contributed by atoms with E-state index in [1.54, 1.807) is 42.5 Å². The van der Waals surface area contributed by atoms with Crippen molar-refractivity contribution in [1.29, 1.82) is 10.5 Å². The summed E-state index contributed by atoms with van der Waals surface area (Å²) in [6.45, 7) is 2.68. The number of hydrogen-bond acceptors (Lipinski definition) is 10. The lowest BCUT2D eigenvalue weighted by Gasteiger charge is -2.23. The zero-order chi connectivity index (χ0) is 33.8. The Morgan fingerprint density at radius 2 is 1.51 bits per heavy atom. The number of nitrogens with one attached hydrogen (secondary N) is 1. The summed E-state index contributed by atoms with van der Waals surface area (Å²) < 4.78 is 0. The molecule has 0 heterocycles. The number of rotatable bonds is 12. The predicted octanol–water partition coefficient (Wildman–Crippen LogP) is 7.08. The van der Waals surface area contributed by atoms with Gasteiger partial charge in [-0.1, -0.05) is 41.9 Å². The van der Waals surface area contributed by atoms with Crippen LogP contribution in [0.25, 0.3) is 0 Å². The van der Waals surface area contributed by atoms with E-state index < -0.39 is 5.91 Å². The molecule has 0 aliphatic carbocycles. The SMILES string of the molecule is Cc1cc(N(CCC#N)CCC#N)ccc1/C(N=Nc1ccc(N([O-])O)cc1)=N/NC(=O)c1cc(Cl)ccc1C(=O)c1ccccc1. The summed E-state index contributed by atoms with van der Waals surface area (Å²) in [6, 6.07) is 28.1. The number of benzene rings is 4. The van der Waals surface area contributed by atoms with Crippen LogP contribution in [-0.2, 0) is 0 Å². The van der Waals surface area contributed by atoms with Gasteiger partial charge in [0.25, 0.3) is 5.91 Å². The van der Waals surface area contributed by atoms with Gasteiger partial charge in [-0.3, -0.25) is 14.8 Å². The number of amidine groups is 1. The molecule has 0 atom stereocenters. The van der Waals surface area contributed by atoms with Crippen molar-refractivity contribution in [3.05, 3.63) is 129 Å². The molecule has 0 aromatic heterocycles. The molecule has 12 nitrogen and oxygen atoms in total. The number of azo groups is 1. The minimum atomic E-state index is -0.712. The number of carbonyl (C=O) groups excluding carboxylic acids is 2. The number of nitrogens with zero attached hydrogens (tertiary/aromatic N) is 7. The van der Waals surface area contributed by atoms with Gasteiger partial charge in [-0.25, -0.2) is 5.43 Å². The maximum absolute atomic E-state index is 13.5. The first-order valence-corrected chi connectivity index (χ1v) is 14.6. The molecule has 4 aromatic rings. The topological polar surface area (TPSA) is 181 Å². The van der Waals surface area contributed by atoms with E-state index in [0.29, 0.717) is 35.5 Å². The van der Waals surface area contributed by atoms with E-state index >= 15 is 0 Å². The van der Waals surface area contributed by atoms with Crippen LogP contribution in [-0.4, -0.2) is 35.8 Å². The van der Waals surface area contributed by atoms with Gasteiger partial charge in [0.15, 0.2) is 5.78 Å². The number of aryl methyl sites for hydroxylation is 1. The molecule has 0 saturated heterocycles. The number of halogens is 1. The Morgan fingerprint density at radius 3 is 2.13 bits per heavy atom. The van der Waals surface area contributed by atoms with Gasteiger partial charge < -0.3 is 15.3 Å². The van der Waals surface area contributed by atoms with E-state index in [4.69, 9.17) is 27.3 Å². The lowest BCUT2D eigenvalue weighted by molar-refractivity contribution is 0.0943. The van der Waals surface area contributed by atoms with Crippen LogP contribution in [0.15, 0.2) is 106 Å². The van der Waals surface area contributed by atoms with Crippen molar-refractivity contribution >= 4 is 46.2 Å². The molecular weight excluding hydrogens is 620 g/mol. The minimum absolute atomic E-state index is 0.00346. The second kappa shape index (κ2) is 16.4. The van der Waals surface area contributed by atoms with E-state index in [0.717, 1.165) is 5.69 Å². The first-order valence-electron chi connectivity index (χ1n) is 14.3. The van der Waals surface area contributed by atoms with Gasteiger partial charge in [-0.05, 0) is 73.2 Å². The fourth-order valence-corrected chi connectivity index (χ4v) is 4.71.